The number of ketones is 1. The third-order valence-electron chi connectivity index (χ3n) is 6.01. The standard InChI is InChI=1S/C27H19Cl2NO5/c1-14-6-3-4-8-19(14)23-22(24(31)21-10-15-7-5-9-20(34-2)26(15)35-21)25(32)27(33)30(23)18-12-16(28)11-17(29)13-18/h3-13,23,32H,1-2H3. The minimum Gasteiger partial charge on any atom is -0.503 e. The molecule has 5 rings (SSSR count). The van der Waals surface area contributed by atoms with E-state index in [0.717, 1.165) is 5.56 Å². The molecule has 1 unspecified atom stereocenters. The van der Waals surface area contributed by atoms with Gasteiger partial charge in [-0.3, -0.25) is 14.5 Å². The number of amides is 1. The van der Waals surface area contributed by atoms with Crippen LogP contribution in [0.5, 0.6) is 5.75 Å². The highest BCUT2D eigenvalue weighted by Crippen LogP contribution is 2.44. The lowest BCUT2D eigenvalue weighted by atomic mass is 9.92. The monoisotopic (exact) mass is 507 g/mol. The Balaban J connectivity index is 1.70. The van der Waals surface area contributed by atoms with Crippen molar-refractivity contribution in [3.05, 3.63) is 105 Å². The molecule has 35 heavy (non-hydrogen) atoms. The average Bonchev–Trinajstić information content (AvgIpc) is 3.37. The van der Waals surface area contributed by atoms with E-state index in [-0.39, 0.29) is 11.3 Å². The molecular weight excluding hydrogens is 489 g/mol. The van der Waals surface area contributed by atoms with Gasteiger partial charge in [0, 0.05) is 21.1 Å². The summed E-state index contributed by atoms with van der Waals surface area (Å²) in [5.41, 5.74) is 2.14. The fraction of sp³-hybridized carbons (Fsp3) is 0.111. The first kappa shape index (κ1) is 23.0. The second-order valence-corrected chi connectivity index (χ2v) is 9.02. The van der Waals surface area contributed by atoms with E-state index in [0.29, 0.717) is 38.0 Å². The first-order chi connectivity index (χ1) is 16.8. The lowest BCUT2D eigenvalue weighted by Gasteiger charge is -2.28. The zero-order chi connectivity index (χ0) is 24.9. The van der Waals surface area contributed by atoms with Crippen molar-refractivity contribution >= 4 is 51.5 Å². The summed E-state index contributed by atoms with van der Waals surface area (Å²) in [6, 6.07) is 17.9. The Morgan fingerprint density at radius 2 is 1.74 bits per heavy atom. The zero-order valence-electron chi connectivity index (χ0n) is 18.7. The number of benzene rings is 3. The van der Waals surface area contributed by atoms with Crippen molar-refractivity contribution in [1.29, 1.82) is 0 Å². The van der Waals surface area contributed by atoms with E-state index < -0.39 is 23.5 Å². The third-order valence-corrected chi connectivity index (χ3v) is 6.45. The van der Waals surface area contributed by atoms with Crippen LogP contribution in [0.4, 0.5) is 5.69 Å². The van der Waals surface area contributed by atoms with Crippen LogP contribution < -0.4 is 9.64 Å². The lowest BCUT2D eigenvalue weighted by molar-refractivity contribution is -0.117. The van der Waals surface area contributed by atoms with Crippen LogP contribution in [0.15, 0.2) is 82.5 Å². The molecule has 3 aromatic carbocycles. The molecule has 2 heterocycles. The topological polar surface area (TPSA) is 80.0 Å². The Hall–Kier alpha value is -3.74. The summed E-state index contributed by atoms with van der Waals surface area (Å²) in [5, 5.41) is 12.3. The number of rotatable bonds is 5. The first-order valence-electron chi connectivity index (χ1n) is 10.7. The quantitative estimate of drug-likeness (QED) is 0.299. The zero-order valence-corrected chi connectivity index (χ0v) is 20.2. The van der Waals surface area contributed by atoms with Crippen LogP contribution in [0.25, 0.3) is 11.0 Å². The number of halogens is 2. The first-order valence-corrected chi connectivity index (χ1v) is 11.4. The number of nitrogens with zero attached hydrogens (tertiary/aromatic N) is 1. The van der Waals surface area contributed by atoms with Gasteiger partial charge in [-0.1, -0.05) is 59.6 Å². The number of para-hydroxylation sites is 1. The number of anilines is 1. The maximum Gasteiger partial charge on any atom is 0.294 e. The van der Waals surface area contributed by atoms with Gasteiger partial charge in [0.15, 0.2) is 22.9 Å². The van der Waals surface area contributed by atoms with E-state index >= 15 is 0 Å². The van der Waals surface area contributed by atoms with E-state index in [9.17, 15) is 14.7 Å². The number of Topliss-reactive ketones (excluding diaryl/α,β-unsaturated/α-hetero) is 1. The summed E-state index contributed by atoms with van der Waals surface area (Å²) in [4.78, 5) is 28.5. The number of ether oxygens (including phenoxy) is 1. The fourth-order valence-corrected chi connectivity index (χ4v) is 4.93. The number of carbonyl (C=O) groups is 2. The van der Waals surface area contributed by atoms with Gasteiger partial charge in [-0.25, -0.2) is 0 Å². The van der Waals surface area contributed by atoms with E-state index in [2.05, 4.69) is 0 Å². The molecule has 0 bridgehead atoms. The van der Waals surface area contributed by atoms with Crippen molar-refractivity contribution in [2.75, 3.05) is 12.0 Å². The lowest BCUT2D eigenvalue weighted by Crippen LogP contribution is -2.31. The van der Waals surface area contributed by atoms with Crippen molar-refractivity contribution < 1.29 is 23.8 Å². The SMILES string of the molecule is COc1cccc2cc(C(=O)C3=C(O)C(=O)N(c4cc(Cl)cc(Cl)c4)C3c3ccccc3C)oc12. The number of methoxy groups -OCH3 is 1. The highest BCUT2D eigenvalue weighted by Gasteiger charge is 2.46. The molecule has 0 saturated carbocycles. The summed E-state index contributed by atoms with van der Waals surface area (Å²) in [7, 11) is 1.50. The molecule has 6 nitrogen and oxygen atoms in total. The van der Waals surface area contributed by atoms with Crippen LogP contribution in [0.3, 0.4) is 0 Å². The minimum absolute atomic E-state index is 0.0246. The highest BCUT2D eigenvalue weighted by atomic mass is 35.5. The molecule has 1 aromatic heterocycles. The van der Waals surface area contributed by atoms with Gasteiger partial charge in [-0.2, -0.15) is 0 Å². The molecule has 4 aromatic rings. The van der Waals surface area contributed by atoms with Gasteiger partial charge >= 0.3 is 0 Å². The Morgan fingerprint density at radius 3 is 2.43 bits per heavy atom. The van der Waals surface area contributed by atoms with Crippen molar-refractivity contribution in [3.8, 4) is 5.75 Å². The maximum absolute atomic E-state index is 13.8. The summed E-state index contributed by atoms with van der Waals surface area (Å²) in [5.74, 6) is -1.57. The Labute approximate surface area is 210 Å². The van der Waals surface area contributed by atoms with Gasteiger partial charge in [-0.15, -0.1) is 0 Å². The Kier molecular flexibility index (Phi) is 5.79. The molecule has 1 atom stereocenters. The van der Waals surface area contributed by atoms with Crippen LogP contribution in [0.1, 0.15) is 27.7 Å². The average molecular weight is 508 g/mol. The van der Waals surface area contributed by atoms with Gasteiger partial charge in [0.1, 0.15) is 0 Å². The molecule has 0 fully saturated rings. The second-order valence-electron chi connectivity index (χ2n) is 8.14. The van der Waals surface area contributed by atoms with Gasteiger partial charge in [-0.05, 0) is 48.4 Å². The third kappa shape index (κ3) is 3.85. The molecular formula is C27H19Cl2NO5. The largest absolute Gasteiger partial charge is 0.503 e. The van der Waals surface area contributed by atoms with E-state index in [1.165, 1.54) is 18.1 Å². The summed E-state index contributed by atoms with van der Waals surface area (Å²) < 4.78 is 11.2. The molecule has 0 saturated heterocycles. The second kappa shape index (κ2) is 8.80. The smallest absolute Gasteiger partial charge is 0.294 e. The number of aryl methyl sites for hydroxylation is 1. The number of fused-ring (bicyclic) bond motifs is 1. The summed E-state index contributed by atoms with van der Waals surface area (Å²) >= 11 is 12.4. The number of hydrogen-bond donors (Lipinski definition) is 1. The van der Waals surface area contributed by atoms with E-state index in [1.54, 1.807) is 48.5 Å². The van der Waals surface area contributed by atoms with Crippen LogP contribution in [-0.4, -0.2) is 23.9 Å². The number of aliphatic hydroxyl groups excluding tert-OH is 1. The van der Waals surface area contributed by atoms with Crippen molar-refractivity contribution in [2.45, 2.75) is 13.0 Å². The summed E-state index contributed by atoms with van der Waals surface area (Å²) in [6.07, 6.45) is 0. The van der Waals surface area contributed by atoms with Crippen molar-refractivity contribution in [1.82, 2.24) is 0 Å². The number of furan rings is 1. The Bertz CT molecular complexity index is 1520. The molecule has 8 heteroatoms. The number of aliphatic hydroxyl groups is 1. The fourth-order valence-electron chi connectivity index (χ4n) is 4.41. The molecule has 1 aliphatic heterocycles. The van der Waals surface area contributed by atoms with E-state index in [1.807, 2.05) is 19.1 Å². The Morgan fingerprint density at radius 1 is 1.03 bits per heavy atom. The van der Waals surface area contributed by atoms with Crippen LogP contribution in [-0.2, 0) is 4.79 Å². The molecule has 0 aliphatic carbocycles. The number of carbonyl (C=O) groups excluding carboxylic acids is 2. The maximum atomic E-state index is 13.8. The summed E-state index contributed by atoms with van der Waals surface area (Å²) in [6.45, 7) is 1.87. The van der Waals surface area contributed by atoms with Crippen LogP contribution in [0, 0.1) is 6.92 Å². The van der Waals surface area contributed by atoms with Gasteiger partial charge < -0.3 is 14.3 Å². The van der Waals surface area contributed by atoms with Gasteiger partial charge in [0.2, 0.25) is 5.78 Å². The molecule has 176 valence electrons. The van der Waals surface area contributed by atoms with Gasteiger partial charge in [0.25, 0.3) is 5.91 Å². The minimum atomic E-state index is -0.930. The molecule has 1 aliphatic rings. The van der Waals surface area contributed by atoms with Gasteiger partial charge in [0.05, 0.1) is 18.7 Å². The van der Waals surface area contributed by atoms with Crippen molar-refractivity contribution in [2.24, 2.45) is 0 Å². The number of hydrogen-bond acceptors (Lipinski definition) is 5. The molecule has 0 radical (unpaired) electrons. The molecule has 1 N–H and O–H groups in total. The molecule has 0 spiro atoms. The normalized spacial score (nSPS) is 15.8. The van der Waals surface area contributed by atoms with E-state index in [4.69, 9.17) is 32.4 Å². The van der Waals surface area contributed by atoms with Crippen LogP contribution >= 0.6 is 23.2 Å². The molecule has 1 amide bonds. The highest BCUT2D eigenvalue weighted by molar-refractivity contribution is 6.35. The predicted octanol–water partition coefficient (Wildman–Crippen LogP) is 6.84. The predicted molar refractivity (Wildman–Crippen MR) is 135 cm³/mol. The van der Waals surface area contributed by atoms with Crippen molar-refractivity contribution in [3.63, 3.8) is 0 Å². The van der Waals surface area contributed by atoms with Crippen LogP contribution in [0.2, 0.25) is 10.0 Å².